The summed E-state index contributed by atoms with van der Waals surface area (Å²) >= 11 is 0. The molecule has 1 aromatic rings. The lowest BCUT2D eigenvalue weighted by Crippen LogP contribution is -2.64. The predicted molar refractivity (Wildman–Crippen MR) is 84.5 cm³/mol. The summed E-state index contributed by atoms with van der Waals surface area (Å²) in [5.74, 6) is 0.353. The molecule has 21 heavy (non-hydrogen) atoms. The summed E-state index contributed by atoms with van der Waals surface area (Å²) in [4.78, 5) is 6.52. The number of rotatable bonds is 5. The van der Waals surface area contributed by atoms with Gasteiger partial charge < -0.3 is 5.32 Å². The molecule has 0 aromatic carbocycles. The Morgan fingerprint density at radius 1 is 1.38 bits per heavy atom. The first-order valence-electron chi connectivity index (χ1n) is 8.08. The zero-order chi connectivity index (χ0) is 15.5. The first kappa shape index (κ1) is 16.4. The van der Waals surface area contributed by atoms with Crippen LogP contribution in [0.4, 0.5) is 4.39 Å². The Morgan fingerprint density at radius 2 is 2.10 bits per heavy atom. The molecule has 118 valence electrons. The fraction of sp³-hybridized carbons (Fsp3) is 0.706. The predicted octanol–water partition coefficient (Wildman–Crippen LogP) is 3.21. The van der Waals surface area contributed by atoms with Crippen molar-refractivity contribution in [3.05, 3.63) is 29.8 Å². The molecule has 3 nitrogen and oxygen atoms in total. The highest BCUT2D eigenvalue weighted by molar-refractivity contribution is 5.12. The molecule has 1 fully saturated rings. The number of hydrogen-bond acceptors (Lipinski definition) is 3. The highest BCUT2D eigenvalue weighted by Crippen LogP contribution is 2.30. The Morgan fingerprint density at radius 3 is 2.67 bits per heavy atom. The van der Waals surface area contributed by atoms with Crippen LogP contribution in [-0.4, -0.2) is 34.6 Å². The van der Waals surface area contributed by atoms with Gasteiger partial charge in [0.2, 0.25) is 0 Å². The van der Waals surface area contributed by atoms with Crippen molar-refractivity contribution in [1.82, 2.24) is 15.2 Å². The maximum atomic E-state index is 13.4. The van der Waals surface area contributed by atoms with Gasteiger partial charge in [-0.2, -0.15) is 0 Å². The smallest absolute Gasteiger partial charge is 0.141 e. The third-order valence-corrected chi connectivity index (χ3v) is 5.04. The first-order valence-corrected chi connectivity index (χ1v) is 8.08. The summed E-state index contributed by atoms with van der Waals surface area (Å²) < 4.78 is 13.4. The monoisotopic (exact) mass is 293 g/mol. The van der Waals surface area contributed by atoms with Crippen LogP contribution in [0.15, 0.2) is 18.5 Å². The molecule has 2 rings (SSSR count). The number of halogens is 1. The zero-order valence-corrected chi connectivity index (χ0v) is 13.7. The van der Waals surface area contributed by atoms with E-state index in [9.17, 15) is 4.39 Å². The van der Waals surface area contributed by atoms with E-state index in [1.54, 1.807) is 12.3 Å². The van der Waals surface area contributed by atoms with Crippen LogP contribution < -0.4 is 5.32 Å². The van der Waals surface area contributed by atoms with Gasteiger partial charge in [-0.05, 0) is 30.4 Å². The third kappa shape index (κ3) is 3.61. The summed E-state index contributed by atoms with van der Waals surface area (Å²) in [5.41, 5.74) is 1.13. The van der Waals surface area contributed by atoms with Crippen LogP contribution in [-0.2, 0) is 6.54 Å². The molecular weight excluding hydrogens is 265 g/mol. The average Bonchev–Trinajstić information content (AvgIpc) is 2.47. The van der Waals surface area contributed by atoms with E-state index in [0.29, 0.717) is 12.0 Å². The highest BCUT2D eigenvalue weighted by Gasteiger charge is 2.39. The van der Waals surface area contributed by atoms with Gasteiger partial charge in [0.15, 0.2) is 0 Å². The fourth-order valence-electron chi connectivity index (χ4n) is 3.32. The molecule has 0 spiro atoms. The summed E-state index contributed by atoms with van der Waals surface area (Å²) in [6.45, 7) is 11.8. The normalized spacial score (nSPS) is 22.7. The quantitative estimate of drug-likeness (QED) is 0.903. The number of nitrogens with one attached hydrogen (secondary N) is 1. The standard InChI is InChI=1S/C17H28FN3/c1-5-17(6-2)12-20-16(13(3)4)11-21(17)10-14-7-15(18)9-19-8-14/h7-9,13,16,20H,5-6,10-12H2,1-4H3. The van der Waals surface area contributed by atoms with Crippen molar-refractivity contribution >= 4 is 0 Å². The second-order valence-electron chi connectivity index (χ2n) is 6.55. The van der Waals surface area contributed by atoms with Gasteiger partial charge in [-0.1, -0.05) is 27.7 Å². The Kier molecular flexibility index (Phi) is 5.33. The molecule has 0 amide bonds. The molecule has 0 bridgehead atoms. The topological polar surface area (TPSA) is 28.2 Å². The molecule has 1 aliphatic heterocycles. The number of pyridine rings is 1. The molecule has 0 saturated carbocycles. The van der Waals surface area contributed by atoms with E-state index in [4.69, 9.17) is 0 Å². The molecule has 1 atom stereocenters. The van der Waals surface area contributed by atoms with Gasteiger partial charge in [-0.15, -0.1) is 0 Å². The number of piperazine rings is 1. The Hall–Kier alpha value is -1.00. The largest absolute Gasteiger partial charge is 0.311 e. The molecule has 1 saturated heterocycles. The minimum atomic E-state index is -0.248. The second-order valence-corrected chi connectivity index (χ2v) is 6.55. The van der Waals surface area contributed by atoms with Crippen LogP contribution in [0.2, 0.25) is 0 Å². The van der Waals surface area contributed by atoms with Gasteiger partial charge in [0.25, 0.3) is 0 Å². The minimum Gasteiger partial charge on any atom is -0.311 e. The zero-order valence-electron chi connectivity index (χ0n) is 13.7. The van der Waals surface area contributed by atoms with Gasteiger partial charge in [-0.25, -0.2) is 4.39 Å². The van der Waals surface area contributed by atoms with Gasteiger partial charge in [0.1, 0.15) is 5.82 Å². The van der Waals surface area contributed by atoms with E-state index in [1.807, 2.05) is 0 Å². The summed E-state index contributed by atoms with van der Waals surface area (Å²) in [6, 6.07) is 2.10. The molecule has 1 aliphatic rings. The number of nitrogens with zero attached hydrogens (tertiary/aromatic N) is 2. The molecule has 4 heteroatoms. The molecule has 0 aliphatic carbocycles. The van der Waals surface area contributed by atoms with Gasteiger partial charge >= 0.3 is 0 Å². The molecule has 1 aromatic heterocycles. The fourth-order valence-corrected chi connectivity index (χ4v) is 3.32. The van der Waals surface area contributed by atoms with E-state index in [-0.39, 0.29) is 11.4 Å². The van der Waals surface area contributed by atoms with Crippen LogP contribution in [0.25, 0.3) is 0 Å². The van der Waals surface area contributed by atoms with E-state index >= 15 is 0 Å². The van der Waals surface area contributed by atoms with Crippen LogP contribution in [0.3, 0.4) is 0 Å². The van der Waals surface area contributed by atoms with Gasteiger partial charge in [0, 0.05) is 37.4 Å². The average molecular weight is 293 g/mol. The maximum absolute atomic E-state index is 13.4. The van der Waals surface area contributed by atoms with Gasteiger partial charge in [-0.3, -0.25) is 9.88 Å². The van der Waals surface area contributed by atoms with Crippen molar-refractivity contribution in [3.8, 4) is 0 Å². The molecule has 2 heterocycles. The van der Waals surface area contributed by atoms with Crippen molar-refractivity contribution in [3.63, 3.8) is 0 Å². The Bertz CT molecular complexity index is 457. The lowest BCUT2D eigenvalue weighted by molar-refractivity contribution is 0.0154. The van der Waals surface area contributed by atoms with Crippen LogP contribution in [0, 0.1) is 11.7 Å². The van der Waals surface area contributed by atoms with Crippen molar-refractivity contribution in [2.24, 2.45) is 5.92 Å². The third-order valence-electron chi connectivity index (χ3n) is 5.04. The van der Waals surface area contributed by atoms with E-state index in [1.165, 1.54) is 6.20 Å². The van der Waals surface area contributed by atoms with Crippen LogP contribution >= 0.6 is 0 Å². The van der Waals surface area contributed by atoms with Crippen molar-refractivity contribution in [1.29, 1.82) is 0 Å². The van der Waals surface area contributed by atoms with Gasteiger partial charge in [0.05, 0.1) is 6.20 Å². The number of aromatic nitrogens is 1. The summed E-state index contributed by atoms with van der Waals surface area (Å²) in [7, 11) is 0. The van der Waals surface area contributed by atoms with E-state index < -0.39 is 0 Å². The molecular formula is C17H28FN3. The van der Waals surface area contributed by atoms with Crippen molar-refractivity contribution in [2.45, 2.75) is 58.7 Å². The van der Waals surface area contributed by atoms with Crippen molar-refractivity contribution in [2.75, 3.05) is 13.1 Å². The lowest BCUT2D eigenvalue weighted by Gasteiger charge is -2.50. The van der Waals surface area contributed by atoms with E-state index in [2.05, 4.69) is 42.9 Å². The first-order chi connectivity index (χ1) is 10.0. The molecule has 0 radical (unpaired) electrons. The lowest BCUT2D eigenvalue weighted by atomic mass is 9.85. The maximum Gasteiger partial charge on any atom is 0.141 e. The van der Waals surface area contributed by atoms with E-state index in [0.717, 1.165) is 38.0 Å². The second kappa shape index (κ2) is 6.84. The molecule has 1 unspecified atom stereocenters. The summed E-state index contributed by atoms with van der Waals surface area (Å²) in [5, 5.41) is 3.71. The molecule has 1 N–H and O–H groups in total. The highest BCUT2D eigenvalue weighted by atomic mass is 19.1. The number of hydrogen-bond donors (Lipinski definition) is 1. The Labute approximate surface area is 127 Å². The summed E-state index contributed by atoms with van der Waals surface area (Å²) in [6.07, 6.45) is 5.25. The van der Waals surface area contributed by atoms with Crippen LogP contribution in [0.5, 0.6) is 0 Å². The minimum absolute atomic E-state index is 0.164. The SMILES string of the molecule is CCC1(CC)CNC(C(C)C)CN1Cc1cncc(F)c1. The van der Waals surface area contributed by atoms with Crippen molar-refractivity contribution < 1.29 is 4.39 Å². The van der Waals surface area contributed by atoms with Crippen LogP contribution in [0.1, 0.15) is 46.1 Å². The Balaban J connectivity index is 2.20.